The van der Waals surface area contributed by atoms with Crippen molar-refractivity contribution in [2.75, 3.05) is 14.1 Å². The van der Waals surface area contributed by atoms with E-state index < -0.39 is 8.07 Å². The first-order chi connectivity index (χ1) is 9.73. The molecule has 0 N–H and O–H groups in total. The standard InChI is InChI=1S/C17H23I2NSi/c1-20(2)17(12-8-6-7-9-13(12)18)16-14(19)10-11-15(16)21(3,4)5/h6-11,14,17H,1-5H3/t14?,17-/m1/s1. The predicted molar refractivity (Wildman–Crippen MR) is 113 cm³/mol. The Balaban J connectivity index is 2.61. The highest BCUT2D eigenvalue weighted by Crippen LogP contribution is 2.42. The molecule has 0 spiro atoms. The van der Waals surface area contributed by atoms with Crippen molar-refractivity contribution < 1.29 is 0 Å². The van der Waals surface area contributed by atoms with Gasteiger partial charge in [-0.2, -0.15) is 0 Å². The van der Waals surface area contributed by atoms with E-state index in [0.29, 0.717) is 9.97 Å². The van der Waals surface area contributed by atoms with Crippen LogP contribution in [-0.2, 0) is 0 Å². The fourth-order valence-electron chi connectivity index (χ4n) is 2.93. The van der Waals surface area contributed by atoms with E-state index in [1.54, 1.807) is 10.8 Å². The van der Waals surface area contributed by atoms with Gasteiger partial charge in [0.1, 0.15) is 0 Å². The van der Waals surface area contributed by atoms with Gasteiger partial charge in [0.2, 0.25) is 0 Å². The van der Waals surface area contributed by atoms with Crippen molar-refractivity contribution in [3.8, 4) is 0 Å². The van der Waals surface area contributed by atoms with Crippen molar-refractivity contribution in [1.82, 2.24) is 4.90 Å². The molecule has 4 heteroatoms. The number of hydrogen-bond donors (Lipinski definition) is 0. The molecule has 0 fully saturated rings. The second-order valence-electron chi connectivity index (χ2n) is 6.77. The summed E-state index contributed by atoms with van der Waals surface area (Å²) in [6.07, 6.45) is 4.76. The van der Waals surface area contributed by atoms with Gasteiger partial charge in [-0.05, 0) is 53.9 Å². The average molecular weight is 523 g/mol. The Hall–Kier alpha value is 0.337. The van der Waals surface area contributed by atoms with E-state index in [9.17, 15) is 0 Å². The van der Waals surface area contributed by atoms with Crippen molar-refractivity contribution in [2.45, 2.75) is 29.6 Å². The second-order valence-corrected chi connectivity index (χ2v) is 14.3. The molecule has 1 aromatic carbocycles. The van der Waals surface area contributed by atoms with Crippen molar-refractivity contribution in [2.24, 2.45) is 0 Å². The monoisotopic (exact) mass is 523 g/mol. The highest BCUT2D eigenvalue weighted by atomic mass is 127. The fourth-order valence-corrected chi connectivity index (χ4v) is 6.55. The molecule has 0 aromatic heterocycles. The Morgan fingerprint density at radius 2 is 1.76 bits per heavy atom. The maximum absolute atomic E-state index is 2.58. The van der Waals surface area contributed by atoms with Crippen LogP contribution in [0.15, 0.2) is 47.2 Å². The highest BCUT2D eigenvalue weighted by molar-refractivity contribution is 14.1. The Morgan fingerprint density at radius 3 is 2.29 bits per heavy atom. The van der Waals surface area contributed by atoms with Crippen molar-refractivity contribution in [1.29, 1.82) is 0 Å². The minimum absolute atomic E-state index is 0.372. The van der Waals surface area contributed by atoms with Gasteiger partial charge in [-0.1, -0.05) is 77.8 Å². The molecular formula is C17H23I2NSi. The molecular weight excluding hydrogens is 500 g/mol. The SMILES string of the molecule is CN(C)[C@@H](C1=C([Si](C)(C)C)C=CC1I)c1ccccc1I. The molecule has 1 aromatic rings. The third kappa shape index (κ3) is 3.82. The number of nitrogens with zero attached hydrogens (tertiary/aromatic N) is 1. The molecule has 0 amide bonds. The number of halogens is 2. The maximum Gasteiger partial charge on any atom is 0.0776 e. The van der Waals surface area contributed by atoms with Crippen molar-refractivity contribution in [3.63, 3.8) is 0 Å². The second kappa shape index (κ2) is 6.84. The molecule has 2 rings (SSSR count). The average Bonchev–Trinajstić information content (AvgIpc) is 2.74. The third-order valence-corrected chi connectivity index (χ3v) is 8.00. The predicted octanol–water partition coefficient (Wildman–Crippen LogP) is 5.44. The van der Waals surface area contributed by atoms with Crippen LogP contribution in [0.25, 0.3) is 0 Å². The third-order valence-electron chi connectivity index (χ3n) is 3.86. The molecule has 1 nitrogen and oxygen atoms in total. The zero-order chi connectivity index (χ0) is 15.8. The topological polar surface area (TPSA) is 3.24 Å². The van der Waals surface area contributed by atoms with Crippen LogP contribution in [0.2, 0.25) is 19.6 Å². The Labute approximate surface area is 157 Å². The maximum atomic E-state index is 2.58. The van der Waals surface area contributed by atoms with Gasteiger partial charge in [-0.3, -0.25) is 4.90 Å². The summed E-state index contributed by atoms with van der Waals surface area (Å²) in [5.41, 5.74) is 3.03. The van der Waals surface area contributed by atoms with Crippen molar-refractivity contribution >= 4 is 53.3 Å². The number of likely N-dealkylation sites (N-methyl/N-ethyl adjacent to an activating group) is 1. The van der Waals surface area contributed by atoms with E-state index in [1.165, 1.54) is 9.13 Å². The molecule has 0 saturated heterocycles. The number of allylic oxidation sites excluding steroid dienone is 3. The summed E-state index contributed by atoms with van der Waals surface area (Å²) in [6.45, 7) is 7.35. The van der Waals surface area contributed by atoms with E-state index in [0.717, 1.165) is 0 Å². The largest absolute Gasteiger partial charge is 0.299 e. The normalized spacial score (nSPS) is 20.5. The summed E-state index contributed by atoms with van der Waals surface area (Å²) in [7, 11) is 3.07. The molecule has 21 heavy (non-hydrogen) atoms. The summed E-state index contributed by atoms with van der Waals surface area (Å²) in [5, 5.41) is 1.63. The minimum atomic E-state index is -1.33. The molecule has 0 bridgehead atoms. The first-order valence-corrected chi connectivity index (χ1v) is 13.0. The highest BCUT2D eigenvalue weighted by Gasteiger charge is 2.34. The molecule has 0 saturated carbocycles. The lowest BCUT2D eigenvalue weighted by Gasteiger charge is -2.32. The fraction of sp³-hybridized carbons (Fsp3) is 0.412. The van der Waals surface area contributed by atoms with Crippen LogP contribution in [0, 0.1) is 3.57 Å². The zero-order valence-corrected chi connectivity index (χ0v) is 18.6. The Bertz CT molecular complexity index is 585. The van der Waals surface area contributed by atoms with E-state index in [2.05, 4.69) is 120 Å². The lowest BCUT2D eigenvalue weighted by atomic mass is 9.97. The number of benzene rings is 1. The van der Waals surface area contributed by atoms with Gasteiger partial charge in [-0.25, -0.2) is 0 Å². The first kappa shape index (κ1) is 17.7. The van der Waals surface area contributed by atoms with Crippen LogP contribution in [0.4, 0.5) is 0 Å². The van der Waals surface area contributed by atoms with Gasteiger partial charge in [0.25, 0.3) is 0 Å². The molecule has 1 aliphatic carbocycles. The Morgan fingerprint density at radius 1 is 1.14 bits per heavy atom. The molecule has 1 aliphatic rings. The van der Waals surface area contributed by atoms with Gasteiger partial charge in [0, 0.05) is 3.57 Å². The smallest absolute Gasteiger partial charge is 0.0776 e. The summed E-state index contributed by atoms with van der Waals surface area (Å²) >= 11 is 5.05. The van der Waals surface area contributed by atoms with E-state index in [4.69, 9.17) is 0 Å². The number of alkyl halides is 1. The van der Waals surface area contributed by atoms with Crippen LogP contribution in [-0.4, -0.2) is 31.0 Å². The summed E-state index contributed by atoms with van der Waals surface area (Å²) in [6, 6.07) is 9.15. The summed E-state index contributed by atoms with van der Waals surface area (Å²) in [4.78, 5) is 2.37. The van der Waals surface area contributed by atoms with Crippen LogP contribution in [0.3, 0.4) is 0 Å². The molecule has 0 heterocycles. The van der Waals surface area contributed by atoms with Gasteiger partial charge in [0.15, 0.2) is 0 Å². The molecule has 0 radical (unpaired) electrons. The van der Waals surface area contributed by atoms with Crippen molar-refractivity contribution in [3.05, 3.63) is 56.3 Å². The van der Waals surface area contributed by atoms with Crippen LogP contribution >= 0.6 is 45.2 Å². The van der Waals surface area contributed by atoms with Crippen LogP contribution in [0.5, 0.6) is 0 Å². The summed E-state index contributed by atoms with van der Waals surface area (Å²) < 4.78 is 1.86. The van der Waals surface area contributed by atoms with E-state index >= 15 is 0 Å². The molecule has 0 aliphatic heterocycles. The molecule has 2 atom stereocenters. The van der Waals surface area contributed by atoms with Crippen LogP contribution in [0.1, 0.15) is 11.6 Å². The van der Waals surface area contributed by atoms with Gasteiger partial charge in [-0.15, -0.1) is 0 Å². The van der Waals surface area contributed by atoms with Gasteiger partial charge < -0.3 is 0 Å². The van der Waals surface area contributed by atoms with E-state index in [-0.39, 0.29) is 0 Å². The summed E-state index contributed by atoms with van der Waals surface area (Å²) in [5.74, 6) is 0. The molecule has 114 valence electrons. The quantitative estimate of drug-likeness (QED) is 0.289. The van der Waals surface area contributed by atoms with Gasteiger partial charge >= 0.3 is 0 Å². The Kier molecular flexibility index (Phi) is 5.76. The zero-order valence-electron chi connectivity index (χ0n) is 13.3. The van der Waals surface area contributed by atoms with E-state index in [1.807, 2.05) is 0 Å². The minimum Gasteiger partial charge on any atom is -0.299 e. The van der Waals surface area contributed by atoms with Gasteiger partial charge in [0.05, 0.1) is 18.0 Å². The van der Waals surface area contributed by atoms with Crippen LogP contribution < -0.4 is 0 Å². The lowest BCUT2D eigenvalue weighted by Crippen LogP contribution is -2.30. The first-order valence-electron chi connectivity index (χ1n) is 7.21. The molecule has 1 unspecified atom stereocenters. The number of rotatable bonds is 4. The number of hydrogen-bond acceptors (Lipinski definition) is 1. The lowest BCUT2D eigenvalue weighted by molar-refractivity contribution is 0.335.